The number of nitrogens with zero attached hydrogens (tertiary/aromatic N) is 1. The van der Waals surface area contributed by atoms with Gasteiger partial charge in [0.15, 0.2) is 5.58 Å². The molecule has 5 nitrogen and oxygen atoms in total. The fraction of sp³-hybridized carbons (Fsp3) is 0.111. The summed E-state index contributed by atoms with van der Waals surface area (Å²) in [5.41, 5.74) is 0.598. The lowest BCUT2D eigenvalue weighted by Gasteiger charge is -1.96. The van der Waals surface area contributed by atoms with Crippen LogP contribution in [0.1, 0.15) is 0 Å². The Morgan fingerprint density at radius 2 is 2.27 bits per heavy atom. The molecule has 1 N–H and O–H groups in total. The number of carboxylic acids is 1. The minimum Gasteiger partial charge on any atom is -0.480 e. The van der Waals surface area contributed by atoms with Gasteiger partial charge in [-0.1, -0.05) is 17.7 Å². The number of hydrogen-bond acceptors (Lipinski definition) is 3. The van der Waals surface area contributed by atoms with Crippen molar-refractivity contribution in [2.24, 2.45) is 0 Å². The van der Waals surface area contributed by atoms with Gasteiger partial charge in [0.1, 0.15) is 6.54 Å². The molecule has 15 heavy (non-hydrogen) atoms. The average Bonchev–Trinajstić information content (AvgIpc) is 2.45. The molecule has 0 spiro atoms. The zero-order valence-corrected chi connectivity index (χ0v) is 8.19. The number of oxazole rings is 1. The molecule has 0 bridgehead atoms. The Balaban J connectivity index is 2.74. The first kappa shape index (κ1) is 9.79. The smallest absolute Gasteiger partial charge is 0.420 e. The number of aliphatic carboxylic acids is 1. The van der Waals surface area contributed by atoms with E-state index in [9.17, 15) is 9.59 Å². The highest BCUT2D eigenvalue weighted by atomic mass is 35.5. The lowest BCUT2D eigenvalue weighted by atomic mass is 10.3. The second-order valence-corrected chi connectivity index (χ2v) is 3.34. The van der Waals surface area contributed by atoms with Crippen molar-refractivity contribution in [2.75, 3.05) is 0 Å². The number of fused-ring (bicyclic) bond motifs is 1. The summed E-state index contributed by atoms with van der Waals surface area (Å²) in [6.45, 7) is -0.438. The molecular formula is C9H6ClNO4. The van der Waals surface area contributed by atoms with Crippen molar-refractivity contribution < 1.29 is 14.3 Å². The third kappa shape index (κ3) is 1.61. The molecule has 0 amide bonds. The summed E-state index contributed by atoms with van der Waals surface area (Å²) in [4.78, 5) is 21.8. The summed E-state index contributed by atoms with van der Waals surface area (Å²) in [5, 5.41) is 8.89. The molecule has 0 saturated heterocycles. The summed E-state index contributed by atoms with van der Waals surface area (Å²) in [7, 11) is 0. The fourth-order valence-electron chi connectivity index (χ4n) is 1.34. The summed E-state index contributed by atoms with van der Waals surface area (Å²) in [6, 6.07) is 4.77. The average molecular weight is 228 g/mol. The first-order chi connectivity index (χ1) is 7.09. The first-order valence-electron chi connectivity index (χ1n) is 4.09. The Bertz CT molecular complexity index is 583. The Kier molecular flexibility index (Phi) is 2.24. The van der Waals surface area contributed by atoms with Gasteiger partial charge in [-0.05, 0) is 12.1 Å². The van der Waals surface area contributed by atoms with Gasteiger partial charge in [-0.3, -0.25) is 9.36 Å². The number of aromatic nitrogens is 1. The summed E-state index contributed by atoms with van der Waals surface area (Å²) in [6.07, 6.45) is 0. The highest BCUT2D eigenvalue weighted by molar-refractivity contribution is 6.34. The van der Waals surface area contributed by atoms with Crippen molar-refractivity contribution in [2.45, 2.75) is 6.54 Å². The molecule has 0 aliphatic rings. The van der Waals surface area contributed by atoms with Crippen LogP contribution in [-0.4, -0.2) is 15.6 Å². The third-order valence-corrected chi connectivity index (χ3v) is 2.24. The molecule has 0 aliphatic carbocycles. The van der Waals surface area contributed by atoms with E-state index in [1.807, 2.05) is 0 Å². The van der Waals surface area contributed by atoms with Crippen molar-refractivity contribution in [3.05, 3.63) is 33.8 Å². The van der Waals surface area contributed by atoms with Crippen LogP contribution < -0.4 is 5.76 Å². The summed E-state index contributed by atoms with van der Waals surface area (Å²) >= 11 is 5.79. The van der Waals surface area contributed by atoms with Crippen LogP contribution in [0.4, 0.5) is 0 Å². The van der Waals surface area contributed by atoms with Crippen molar-refractivity contribution in [1.29, 1.82) is 0 Å². The van der Waals surface area contributed by atoms with Crippen LogP contribution in [0.2, 0.25) is 5.02 Å². The monoisotopic (exact) mass is 227 g/mol. The van der Waals surface area contributed by atoms with Crippen molar-refractivity contribution >= 4 is 28.7 Å². The van der Waals surface area contributed by atoms with Crippen LogP contribution >= 0.6 is 11.6 Å². The Morgan fingerprint density at radius 1 is 1.53 bits per heavy atom. The van der Waals surface area contributed by atoms with E-state index in [0.29, 0.717) is 5.52 Å². The molecule has 6 heteroatoms. The Hall–Kier alpha value is -1.75. The largest absolute Gasteiger partial charge is 0.480 e. The zero-order chi connectivity index (χ0) is 11.0. The molecule has 0 saturated carbocycles. The van der Waals surface area contributed by atoms with E-state index in [4.69, 9.17) is 21.1 Å². The number of benzene rings is 1. The normalized spacial score (nSPS) is 10.7. The lowest BCUT2D eigenvalue weighted by molar-refractivity contribution is -0.137. The maximum absolute atomic E-state index is 11.3. The number of para-hydroxylation sites is 1. The summed E-state index contributed by atoms with van der Waals surface area (Å²) < 4.78 is 5.86. The van der Waals surface area contributed by atoms with Crippen LogP contribution in [0, 0.1) is 0 Å². The van der Waals surface area contributed by atoms with Gasteiger partial charge in [0.2, 0.25) is 0 Å². The highest BCUT2D eigenvalue weighted by Gasteiger charge is 2.13. The van der Waals surface area contributed by atoms with E-state index < -0.39 is 18.3 Å². The molecule has 2 rings (SSSR count). The van der Waals surface area contributed by atoms with Crippen LogP contribution in [0.3, 0.4) is 0 Å². The second kappa shape index (κ2) is 3.43. The fourth-order valence-corrected chi connectivity index (χ4v) is 1.54. The zero-order valence-electron chi connectivity index (χ0n) is 7.44. The standard InChI is InChI=1S/C9H6ClNO4/c10-5-2-1-3-6-8(5)15-9(14)11(6)4-7(12)13/h1-3H,4H2,(H,12,13). The van der Waals surface area contributed by atoms with Crippen LogP contribution in [-0.2, 0) is 11.3 Å². The maximum Gasteiger partial charge on any atom is 0.420 e. The molecule has 0 aliphatic heterocycles. The number of carboxylic acid groups (broad SMARTS) is 1. The molecular weight excluding hydrogens is 222 g/mol. The highest BCUT2D eigenvalue weighted by Crippen LogP contribution is 2.21. The predicted molar refractivity (Wildman–Crippen MR) is 53.1 cm³/mol. The van der Waals surface area contributed by atoms with E-state index >= 15 is 0 Å². The van der Waals surface area contributed by atoms with Gasteiger partial charge in [-0.15, -0.1) is 0 Å². The predicted octanol–water partition coefficient (Wildman–Crippen LogP) is 1.33. The number of halogens is 1. The molecule has 0 unspecified atom stereocenters. The topological polar surface area (TPSA) is 72.4 Å². The lowest BCUT2D eigenvalue weighted by Crippen LogP contribution is -2.19. The molecule has 1 aromatic carbocycles. The molecule has 0 fully saturated rings. The second-order valence-electron chi connectivity index (χ2n) is 2.94. The van der Waals surface area contributed by atoms with Gasteiger partial charge in [0.05, 0.1) is 10.5 Å². The van der Waals surface area contributed by atoms with E-state index in [1.165, 1.54) is 0 Å². The first-order valence-corrected chi connectivity index (χ1v) is 4.47. The van der Waals surface area contributed by atoms with Crippen molar-refractivity contribution in [1.82, 2.24) is 4.57 Å². The summed E-state index contributed by atoms with van der Waals surface area (Å²) in [5.74, 6) is -1.83. The van der Waals surface area contributed by atoms with Gasteiger partial charge >= 0.3 is 11.7 Å². The van der Waals surface area contributed by atoms with Gasteiger partial charge in [-0.2, -0.15) is 0 Å². The Labute approximate surface area is 88.5 Å². The molecule has 1 heterocycles. The Morgan fingerprint density at radius 3 is 2.93 bits per heavy atom. The van der Waals surface area contributed by atoms with E-state index in [0.717, 1.165) is 4.57 Å². The molecule has 1 aromatic heterocycles. The van der Waals surface area contributed by atoms with Gasteiger partial charge in [0, 0.05) is 0 Å². The van der Waals surface area contributed by atoms with Gasteiger partial charge in [-0.25, -0.2) is 4.79 Å². The van der Waals surface area contributed by atoms with E-state index in [1.54, 1.807) is 18.2 Å². The quantitative estimate of drug-likeness (QED) is 0.840. The number of hydrogen-bond donors (Lipinski definition) is 1. The number of rotatable bonds is 2. The minimum atomic E-state index is -1.11. The molecule has 2 aromatic rings. The molecule has 0 radical (unpaired) electrons. The molecule has 78 valence electrons. The van der Waals surface area contributed by atoms with Gasteiger partial charge in [0.25, 0.3) is 0 Å². The van der Waals surface area contributed by atoms with E-state index in [-0.39, 0.29) is 10.6 Å². The van der Waals surface area contributed by atoms with Crippen LogP contribution in [0.5, 0.6) is 0 Å². The maximum atomic E-state index is 11.3. The van der Waals surface area contributed by atoms with Crippen LogP contribution in [0.15, 0.2) is 27.4 Å². The van der Waals surface area contributed by atoms with Crippen molar-refractivity contribution in [3.63, 3.8) is 0 Å². The number of carbonyl (C=O) groups is 1. The van der Waals surface area contributed by atoms with E-state index in [2.05, 4.69) is 0 Å². The van der Waals surface area contributed by atoms with Gasteiger partial charge < -0.3 is 9.52 Å². The SMILES string of the molecule is O=C(O)Cn1c(=O)oc2c(Cl)cccc21. The molecule has 0 atom stereocenters. The minimum absolute atomic E-state index is 0.213. The van der Waals surface area contributed by atoms with Crippen molar-refractivity contribution in [3.8, 4) is 0 Å². The van der Waals surface area contributed by atoms with Crippen LogP contribution in [0.25, 0.3) is 11.1 Å². The third-order valence-electron chi connectivity index (χ3n) is 1.94.